The minimum atomic E-state index is 0.125. The number of aromatic amines is 1. The van der Waals surface area contributed by atoms with E-state index in [4.69, 9.17) is 4.42 Å². The molecule has 1 saturated heterocycles. The number of likely N-dealkylation sites (tertiary alicyclic amines) is 1. The molecule has 0 spiro atoms. The number of rotatable bonds is 3. The molecule has 1 aliphatic heterocycles. The molecule has 1 amide bonds. The molecule has 0 bridgehead atoms. The number of aromatic nitrogens is 2. The molecule has 25 heavy (non-hydrogen) atoms. The summed E-state index contributed by atoms with van der Waals surface area (Å²) in [6, 6.07) is 8.00. The van der Waals surface area contributed by atoms with E-state index < -0.39 is 0 Å². The average molecular weight is 335 g/mol. The largest absolute Gasteiger partial charge is 0.469 e. The lowest BCUT2D eigenvalue weighted by Gasteiger charge is -2.32. The molecule has 5 rings (SSSR count). The minimum Gasteiger partial charge on any atom is -0.469 e. The predicted octanol–water partition coefficient (Wildman–Crippen LogP) is 3.67. The van der Waals surface area contributed by atoms with E-state index in [9.17, 15) is 4.79 Å². The molecule has 3 aromatic rings. The molecule has 2 aliphatic rings. The number of amides is 1. The fourth-order valence-corrected chi connectivity index (χ4v) is 4.24. The summed E-state index contributed by atoms with van der Waals surface area (Å²) in [5, 5.41) is 1.22. The number of nitrogens with one attached hydrogen (secondary N) is 1. The van der Waals surface area contributed by atoms with Crippen LogP contribution >= 0.6 is 0 Å². The van der Waals surface area contributed by atoms with Gasteiger partial charge in [0.15, 0.2) is 0 Å². The van der Waals surface area contributed by atoms with Crippen LogP contribution in [0.15, 0.2) is 47.3 Å². The molecule has 1 aliphatic carbocycles. The molecule has 128 valence electrons. The monoisotopic (exact) mass is 335 g/mol. The maximum atomic E-state index is 12.7. The van der Waals surface area contributed by atoms with Crippen molar-refractivity contribution in [2.75, 3.05) is 13.1 Å². The lowest BCUT2D eigenvalue weighted by molar-refractivity contribution is -0.133. The lowest BCUT2D eigenvalue weighted by atomic mass is 9.89. The Balaban J connectivity index is 1.24. The van der Waals surface area contributed by atoms with Gasteiger partial charge >= 0.3 is 0 Å². The van der Waals surface area contributed by atoms with E-state index in [0.717, 1.165) is 43.8 Å². The van der Waals surface area contributed by atoms with Crippen molar-refractivity contribution in [3.63, 3.8) is 0 Å². The molecule has 0 radical (unpaired) electrons. The first-order valence-electron chi connectivity index (χ1n) is 9.05. The Morgan fingerprint density at radius 1 is 1.24 bits per heavy atom. The van der Waals surface area contributed by atoms with E-state index in [2.05, 4.69) is 27.1 Å². The molecular formula is C20H21N3O2. The molecule has 1 saturated carbocycles. The third-order valence-electron chi connectivity index (χ3n) is 5.75. The van der Waals surface area contributed by atoms with Crippen LogP contribution in [-0.2, 0) is 4.79 Å². The predicted molar refractivity (Wildman–Crippen MR) is 94.2 cm³/mol. The quantitative estimate of drug-likeness (QED) is 0.794. The third kappa shape index (κ3) is 2.54. The maximum absolute atomic E-state index is 12.7. The van der Waals surface area contributed by atoms with Crippen LogP contribution in [-0.4, -0.2) is 33.9 Å². The van der Waals surface area contributed by atoms with Crippen LogP contribution in [0.1, 0.15) is 42.4 Å². The van der Waals surface area contributed by atoms with Crippen LogP contribution in [0.4, 0.5) is 0 Å². The zero-order valence-electron chi connectivity index (χ0n) is 14.0. The molecule has 2 atom stereocenters. The second-order valence-corrected chi connectivity index (χ2v) is 7.21. The van der Waals surface area contributed by atoms with Crippen molar-refractivity contribution in [1.29, 1.82) is 0 Å². The minimum absolute atomic E-state index is 0.125. The van der Waals surface area contributed by atoms with Gasteiger partial charge in [-0.1, -0.05) is 0 Å². The topological polar surface area (TPSA) is 62.1 Å². The SMILES string of the molecule is O=C(C1CC1c1ccco1)N1CCC(c2c[nH]c3ncccc23)CC1. The van der Waals surface area contributed by atoms with Gasteiger partial charge in [0.2, 0.25) is 5.91 Å². The van der Waals surface area contributed by atoms with Crippen molar-refractivity contribution in [2.24, 2.45) is 5.92 Å². The molecule has 1 N–H and O–H groups in total. The Morgan fingerprint density at radius 2 is 2.12 bits per heavy atom. The summed E-state index contributed by atoms with van der Waals surface area (Å²) in [7, 11) is 0. The first-order chi connectivity index (χ1) is 12.3. The number of hydrogen-bond acceptors (Lipinski definition) is 3. The number of pyridine rings is 1. The molecule has 4 heterocycles. The standard InChI is InChI=1S/C20H21N3O2/c24-20(16-11-15(16)18-4-2-10-25-18)23-8-5-13(6-9-23)17-12-22-19-14(17)3-1-7-21-19/h1-4,7,10,12-13,15-16H,5-6,8-9,11H2,(H,21,22). The molecule has 2 fully saturated rings. The summed E-state index contributed by atoms with van der Waals surface area (Å²) in [6.45, 7) is 1.69. The van der Waals surface area contributed by atoms with E-state index in [1.54, 1.807) is 6.26 Å². The van der Waals surface area contributed by atoms with E-state index in [-0.39, 0.29) is 5.92 Å². The highest BCUT2D eigenvalue weighted by molar-refractivity contribution is 5.83. The zero-order valence-corrected chi connectivity index (χ0v) is 14.0. The molecule has 3 aromatic heterocycles. The van der Waals surface area contributed by atoms with Gasteiger partial charge in [-0.3, -0.25) is 4.79 Å². The number of piperidine rings is 1. The lowest BCUT2D eigenvalue weighted by Crippen LogP contribution is -2.39. The molecule has 0 aromatic carbocycles. The van der Waals surface area contributed by atoms with E-state index in [1.165, 1.54) is 10.9 Å². The van der Waals surface area contributed by atoms with Gasteiger partial charge < -0.3 is 14.3 Å². The Kier molecular flexibility index (Phi) is 3.40. The number of hydrogen-bond donors (Lipinski definition) is 1. The highest BCUT2D eigenvalue weighted by atomic mass is 16.3. The summed E-state index contributed by atoms with van der Waals surface area (Å²) >= 11 is 0. The molecule has 5 heteroatoms. The van der Waals surface area contributed by atoms with Crippen molar-refractivity contribution in [3.8, 4) is 0 Å². The second-order valence-electron chi connectivity index (χ2n) is 7.21. The maximum Gasteiger partial charge on any atom is 0.226 e. The van der Waals surface area contributed by atoms with Crippen LogP contribution in [0, 0.1) is 5.92 Å². The highest BCUT2D eigenvalue weighted by Gasteiger charge is 2.47. The van der Waals surface area contributed by atoms with Gasteiger partial charge in [-0.15, -0.1) is 0 Å². The van der Waals surface area contributed by atoms with Crippen LogP contribution in [0.2, 0.25) is 0 Å². The summed E-state index contributed by atoms with van der Waals surface area (Å²) in [4.78, 5) is 22.4. The van der Waals surface area contributed by atoms with Crippen LogP contribution in [0.25, 0.3) is 11.0 Å². The number of furan rings is 1. The van der Waals surface area contributed by atoms with Gasteiger partial charge in [-0.2, -0.15) is 0 Å². The normalized spacial score (nSPS) is 23.9. The van der Waals surface area contributed by atoms with Gasteiger partial charge in [-0.05, 0) is 55.0 Å². The number of fused-ring (bicyclic) bond motifs is 1. The fraction of sp³-hybridized carbons (Fsp3) is 0.400. The van der Waals surface area contributed by atoms with Crippen LogP contribution in [0.5, 0.6) is 0 Å². The van der Waals surface area contributed by atoms with Crippen molar-refractivity contribution in [2.45, 2.75) is 31.1 Å². The Morgan fingerprint density at radius 3 is 2.92 bits per heavy atom. The van der Waals surface area contributed by atoms with Gasteiger partial charge in [0.1, 0.15) is 11.4 Å². The average Bonchev–Trinajstić information content (AvgIpc) is 3.08. The number of H-pyrrole nitrogens is 1. The summed E-state index contributed by atoms with van der Waals surface area (Å²) < 4.78 is 5.45. The molecule has 2 unspecified atom stereocenters. The number of nitrogens with zero attached hydrogens (tertiary/aromatic N) is 2. The van der Waals surface area contributed by atoms with E-state index >= 15 is 0 Å². The summed E-state index contributed by atoms with van der Waals surface area (Å²) in [5.74, 6) is 2.18. The third-order valence-corrected chi connectivity index (χ3v) is 5.75. The number of carbonyl (C=O) groups excluding carboxylic acids is 1. The molecule has 5 nitrogen and oxygen atoms in total. The van der Waals surface area contributed by atoms with Crippen molar-refractivity contribution < 1.29 is 9.21 Å². The van der Waals surface area contributed by atoms with Crippen LogP contribution in [0.3, 0.4) is 0 Å². The van der Waals surface area contributed by atoms with Crippen molar-refractivity contribution >= 4 is 16.9 Å². The van der Waals surface area contributed by atoms with Crippen LogP contribution < -0.4 is 0 Å². The summed E-state index contributed by atoms with van der Waals surface area (Å²) in [5.41, 5.74) is 2.30. The fourth-order valence-electron chi connectivity index (χ4n) is 4.24. The molecular weight excluding hydrogens is 314 g/mol. The Bertz CT molecular complexity index is 891. The first kappa shape index (κ1) is 14.8. The first-order valence-corrected chi connectivity index (χ1v) is 9.05. The van der Waals surface area contributed by atoms with Gasteiger partial charge in [0.25, 0.3) is 0 Å². The smallest absolute Gasteiger partial charge is 0.226 e. The highest BCUT2D eigenvalue weighted by Crippen LogP contribution is 2.49. The summed E-state index contributed by atoms with van der Waals surface area (Å²) in [6.07, 6.45) is 8.57. The van der Waals surface area contributed by atoms with Gasteiger partial charge in [0, 0.05) is 42.7 Å². The van der Waals surface area contributed by atoms with Gasteiger partial charge in [0.05, 0.1) is 6.26 Å². The second kappa shape index (κ2) is 5.76. The van der Waals surface area contributed by atoms with Gasteiger partial charge in [-0.25, -0.2) is 4.98 Å². The number of carbonyl (C=O) groups is 1. The van der Waals surface area contributed by atoms with E-state index in [1.807, 2.05) is 24.4 Å². The van der Waals surface area contributed by atoms with Crippen molar-refractivity contribution in [1.82, 2.24) is 14.9 Å². The van der Waals surface area contributed by atoms with Crippen molar-refractivity contribution in [3.05, 3.63) is 54.2 Å². The Labute approximate surface area is 146 Å². The Hall–Kier alpha value is -2.56. The van der Waals surface area contributed by atoms with E-state index in [0.29, 0.717) is 17.7 Å². The zero-order chi connectivity index (χ0) is 16.8.